The van der Waals surface area contributed by atoms with Crippen LogP contribution in [-0.2, 0) is 6.54 Å². The smallest absolute Gasteiger partial charge is 0.117 e. The van der Waals surface area contributed by atoms with Crippen LogP contribution in [0.4, 0.5) is 0 Å². The summed E-state index contributed by atoms with van der Waals surface area (Å²) in [5, 5.41) is 9.12. The van der Waals surface area contributed by atoms with Gasteiger partial charge < -0.3 is 0 Å². The SMILES string of the molecule is Cc1nnn2c1SCC2. The van der Waals surface area contributed by atoms with Crippen LogP contribution in [0.3, 0.4) is 0 Å². The van der Waals surface area contributed by atoms with Crippen molar-refractivity contribution in [1.29, 1.82) is 0 Å². The van der Waals surface area contributed by atoms with E-state index in [9.17, 15) is 0 Å². The first-order valence-corrected chi connectivity index (χ1v) is 3.89. The Morgan fingerprint density at radius 3 is 3.33 bits per heavy atom. The summed E-state index contributed by atoms with van der Waals surface area (Å²) in [6.45, 7) is 3.03. The highest BCUT2D eigenvalue weighted by Crippen LogP contribution is 2.25. The number of nitrogens with zero attached hydrogens (tertiary/aromatic N) is 3. The van der Waals surface area contributed by atoms with Crippen molar-refractivity contribution in [1.82, 2.24) is 15.0 Å². The lowest BCUT2D eigenvalue weighted by Gasteiger charge is -1.85. The average Bonchev–Trinajstić information content (AvgIpc) is 2.35. The van der Waals surface area contributed by atoms with Crippen molar-refractivity contribution in [3.8, 4) is 0 Å². The predicted octanol–water partition coefficient (Wildman–Crippen LogP) is 0.692. The molecule has 0 spiro atoms. The Morgan fingerprint density at radius 1 is 1.67 bits per heavy atom. The van der Waals surface area contributed by atoms with Crippen molar-refractivity contribution in [2.75, 3.05) is 5.75 Å². The van der Waals surface area contributed by atoms with Gasteiger partial charge in [0, 0.05) is 5.75 Å². The Labute approximate surface area is 57.4 Å². The van der Waals surface area contributed by atoms with Crippen LogP contribution in [-0.4, -0.2) is 20.7 Å². The lowest BCUT2D eigenvalue weighted by molar-refractivity contribution is 0.607. The highest BCUT2D eigenvalue weighted by Gasteiger charge is 2.14. The highest BCUT2D eigenvalue weighted by molar-refractivity contribution is 7.99. The lowest BCUT2D eigenvalue weighted by atomic mass is 10.5. The van der Waals surface area contributed by atoms with Gasteiger partial charge in [0.1, 0.15) is 5.03 Å². The fourth-order valence-corrected chi connectivity index (χ4v) is 1.93. The maximum Gasteiger partial charge on any atom is 0.117 e. The predicted molar refractivity (Wildman–Crippen MR) is 35.5 cm³/mol. The van der Waals surface area contributed by atoms with Crippen LogP contribution in [0.2, 0.25) is 0 Å². The third-order valence-corrected chi connectivity index (χ3v) is 2.55. The molecule has 1 aromatic rings. The Hall–Kier alpha value is -0.510. The molecule has 9 heavy (non-hydrogen) atoms. The topological polar surface area (TPSA) is 30.7 Å². The van der Waals surface area contributed by atoms with Gasteiger partial charge in [-0.1, -0.05) is 5.21 Å². The number of hydrogen-bond acceptors (Lipinski definition) is 3. The summed E-state index contributed by atoms with van der Waals surface area (Å²) >= 11 is 1.84. The minimum Gasteiger partial charge on any atom is -0.238 e. The first kappa shape index (κ1) is 5.29. The number of aryl methyl sites for hydroxylation is 2. The van der Waals surface area contributed by atoms with E-state index in [1.165, 1.54) is 5.03 Å². The molecule has 0 atom stereocenters. The number of thioether (sulfide) groups is 1. The molecule has 0 aliphatic carbocycles. The average molecular weight is 141 g/mol. The third-order valence-electron chi connectivity index (χ3n) is 1.39. The van der Waals surface area contributed by atoms with E-state index in [0.29, 0.717) is 0 Å². The quantitative estimate of drug-likeness (QED) is 0.532. The van der Waals surface area contributed by atoms with Gasteiger partial charge in [-0.3, -0.25) is 0 Å². The summed E-state index contributed by atoms with van der Waals surface area (Å²) in [5.41, 5.74) is 1.07. The third kappa shape index (κ3) is 0.660. The molecule has 0 radical (unpaired) electrons. The molecule has 0 amide bonds. The standard InChI is InChI=1S/C5H7N3S/c1-4-5-8(7-6-4)2-3-9-5/h2-3H2,1H3. The van der Waals surface area contributed by atoms with E-state index in [-0.39, 0.29) is 0 Å². The second-order valence-electron chi connectivity index (χ2n) is 2.05. The van der Waals surface area contributed by atoms with Gasteiger partial charge in [0.25, 0.3) is 0 Å². The van der Waals surface area contributed by atoms with Crippen molar-refractivity contribution in [3.63, 3.8) is 0 Å². The zero-order valence-electron chi connectivity index (χ0n) is 5.16. The molecular weight excluding hydrogens is 134 g/mol. The Balaban J connectivity index is 2.56. The molecule has 48 valence electrons. The molecule has 0 aromatic carbocycles. The molecule has 0 saturated carbocycles. The molecule has 4 heteroatoms. The molecule has 3 nitrogen and oxygen atoms in total. The summed E-state index contributed by atoms with van der Waals surface area (Å²) in [7, 11) is 0. The van der Waals surface area contributed by atoms with Crippen LogP contribution >= 0.6 is 11.8 Å². The van der Waals surface area contributed by atoms with Crippen molar-refractivity contribution in [2.24, 2.45) is 0 Å². The minimum atomic E-state index is 1.03. The van der Waals surface area contributed by atoms with E-state index in [1.807, 2.05) is 23.4 Å². The van der Waals surface area contributed by atoms with E-state index in [1.54, 1.807) is 0 Å². The van der Waals surface area contributed by atoms with Crippen LogP contribution in [0.1, 0.15) is 5.69 Å². The van der Waals surface area contributed by atoms with Crippen molar-refractivity contribution < 1.29 is 0 Å². The van der Waals surface area contributed by atoms with Crippen LogP contribution < -0.4 is 0 Å². The molecule has 2 heterocycles. The van der Waals surface area contributed by atoms with Gasteiger partial charge in [-0.25, -0.2) is 4.68 Å². The molecule has 1 aliphatic heterocycles. The number of fused-ring (bicyclic) bond motifs is 1. The van der Waals surface area contributed by atoms with Gasteiger partial charge in [-0.05, 0) is 6.92 Å². The molecule has 0 bridgehead atoms. The largest absolute Gasteiger partial charge is 0.238 e. The van der Waals surface area contributed by atoms with Gasteiger partial charge >= 0.3 is 0 Å². The van der Waals surface area contributed by atoms with E-state index < -0.39 is 0 Å². The van der Waals surface area contributed by atoms with Gasteiger partial charge in [0.2, 0.25) is 0 Å². The summed E-state index contributed by atoms with van der Waals surface area (Å²) in [6.07, 6.45) is 0. The Kier molecular flexibility index (Phi) is 1.02. The van der Waals surface area contributed by atoms with Crippen LogP contribution in [0.5, 0.6) is 0 Å². The fourth-order valence-electron chi connectivity index (χ4n) is 0.945. The van der Waals surface area contributed by atoms with Gasteiger partial charge in [-0.15, -0.1) is 16.9 Å². The summed E-state index contributed by atoms with van der Waals surface area (Å²) < 4.78 is 1.96. The Bertz CT molecular complexity index is 230. The van der Waals surface area contributed by atoms with Crippen molar-refractivity contribution in [3.05, 3.63) is 5.69 Å². The van der Waals surface area contributed by atoms with Gasteiger partial charge in [0.15, 0.2) is 0 Å². The second kappa shape index (κ2) is 1.73. The maximum absolute atomic E-state index is 3.94. The molecule has 1 aliphatic rings. The molecule has 0 unspecified atom stereocenters. The monoisotopic (exact) mass is 141 g/mol. The minimum absolute atomic E-state index is 1.03. The molecule has 0 saturated heterocycles. The first-order chi connectivity index (χ1) is 4.38. The van der Waals surface area contributed by atoms with Gasteiger partial charge in [-0.2, -0.15) is 0 Å². The zero-order valence-corrected chi connectivity index (χ0v) is 5.98. The van der Waals surface area contributed by atoms with Crippen LogP contribution in [0, 0.1) is 6.92 Å². The highest BCUT2D eigenvalue weighted by atomic mass is 32.2. The van der Waals surface area contributed by atoms with Crippen molar-refractivity contribution >= 4 is 11.8 Å². The molecule has 1 aromatic heterocycles. The van der Waals surface area contributed by atoms with E-state index in [2.05, 4.69) is 10.3 Å². The van der Waals surface area contributed by atoms with Gasteiger partial charge in [0.05, 0.1) is 12.2 Å². The lowest BCUT2D eigenvalue weighted by Crippen LogP contribution is -1.95. The normalized spacial score (nSPS) is 16.1. The second-order valence-corrected chi connectivity index (χ2v) is 3.14. The van der Waals surface area contributed by atoms with E-state index in [4.69, 9.17) is 0 Å². The van der Waals surface area contributed by atoms with Crippen molar-refractivity contribution in [2.45, 2.75) is 18.5 Å². The fraction of sp³-hybridized carbons (Fsp3) is 0.600. The summed E-state index contributed by atoms with van der Waals surface area (Å²) in [5.74, 6) is 1.16. The number of aromatic nitrogens is 3. The molecule has 2 rings (SSSR count). The Morgan fingerprint density at radius 2 is 2.56 bits per heavy atom. The van der Waals surface area contributed by atoms with E-state index in [0.717, 1.165) is 18.0 Å². The van der Waals surface area contributed by atoms with Crippen LogP contribution in [0.15, 0.2) is 5.03 Å². The molecule has 0 N–H and O–H groups in total. The number of hydrogen-bond donors (Lipinski definition) is 0. The molecule has 0 fully saturated rings. The summed E-state index contributed by atoms with van der Waals surface area (Å²) in [6, 6.07) is 0. The maximum atomic E-state index is 3.94. The molecular formula is C5H7N3S. The number of rotatable bonds is 0. The zero-order chi connectivity index (χ0) is 6.27. The first-order valence-electron chi connectivity index (χ1n) is 2.91. The van der Waals surface area contributed by atoms with E-state index >= 15 is 0 Å². The summed E-state index contributed by atoms with van der Waals surface area (Å²) in [4.78, 5) is 0. The van der Waals surface area contributed by atoms with Crippen LogP contribution in [0.25, 0.3) is 0 Å².